The second-order valence-electron chi connectivity index (χ2n) is 9.02. The summed E-state index contributed by atoms with van der Waals surface area (Å²) in [5.41, 5.74) is -0.596. The van der Waals surface area contributed by atoms with Crippen molar-refractivity contribution >= 4 is 5.91 Å². The Hall–Kier alpha value is -2.31. The van der Waals surface area contributed by atoms with E-state index in [1.165, 1.54) is 29.2 Å². The van der Waals surface area contributed by atoms with Gasteiger partial charge in [-0.15, -0.1) is 0 Å². The molecule has 160 valence electrons. The van der Waals surface area contributed by atoms with Gasteiger partial charge in [-0.2, -0.15) is 13.2 Å². The zero-order valence-corrected chi connectivity index (χ0v) is 17.7. The average Bonchev–Trinajstić information content (AvgIpc) is 2.91. The summed E-state index contributed by atoms with van der Waals surface area (Å²) in [6.07, 6.45) is -4.62. The first-order valence-corrected chi connectivity index (χ1v) is 9.53. The largest absolute Gasteiger partial charge is 0.431 e. The molecule has 1 heterocycles. The fourth-order valence-electron chi connectivity index (χ4n) is 3.38. The molecule has 2 rings (SSSR count). The van der Waals surface area contributed by atoms with E-state index in [0.717, 1.165) is 10.6 Å². The molecule has 0 atom stereocenters. The van der Waals surface area contributed by atoms with E-state index in [9.17, 15) is 22.4 Å². The molecule has 3 nitrogen and oxygen atoms in total. The van der Waals surface area contributed by atoms with Gasteiger partial charge in [-0.05, 0) is 35.1 Å². The average molecular weight is 412 g/mol. The van der Waals surface area contributed by atoms with E-state index in [-0.39, 0.29) is 29.1 Å². The number of benzene rings is 1. The summed E-state index contributed by atoms with van der Waals surface area (Å²) in [5, 5.41) is 0. The third-order valence-corrected chi connectivity index (χ3v) is 4.35. The standard InChI is InChI=1S/C22H28F4N2O/c1-14(2)12-28-18(22(24,25)26)11-17(15-7-9-16(23)10-8-15)19(28)20(29)27(6)13-21(3,4)5/h7-11,14H,12-13H2,1-6H3. The van der Waals surface area contributed by atoms with Crippen molar-refractivity contribution in [2.45, 2.75) is 47.3 Å². The summed E-state index contributed by atoms with van der Waals surface area (Å²) in [7, 11) is 1.59. The van der Waals surface area contributed by atoms with E-state index < -0.39 is 23.6 Å². The molecule has 1 aromatic carbocycles. The van der Waals surface area contributed by atoms with Crippen LogP contribution in [0.25, 0.3) is 11.1 Å². The van der Waals surface area contributed by atoms with Crippen LogP contribution in [0.4, 0.5) is 17.6 Å². The Balaban J connectivity index is 2.73. The molecule has 0 unspecified atom stereocenters. The van der Waals surface area contributed by atoms with Gasteiger partial charge in [0.15, 0.2) is 0 Å². The lowest BCUT2D eigenvalue weighted by molar-refractivity contribution is -0.143. The first-order valence-electron chi connectivity index (χ1n) is 9.53. The zero-order valence-electron chi connectivity index (χ0n) is 17.7. The number of rotatable bonds is 5. The highest BCUT2D eigenvalue weighted by atomic mass is 19.4. The van der Waals surface area contributed by atoms with Gasteiger partial charge in [-0.25, -0.2) is 4.39 Å². The predicted octanol–water partition coefficient (Wildman–Crippen LogP) is 6.09. The number of hydrogen-bond acceptors (Lipinski definition) is 1. The molecule has 0 saturated carbocycles. The lowest BCUT2D eigenvalue weighted by Crippen LogP contribution is -2.36. The Morgan fingerprint density at radius 3 is 2.10 bits per heavy atom. The summed E-state index contributed by atoms with van der Waals surface area (Å²) in [5.74, 6) is -1.09. The molecule has 1 aromatic heterocycles. The van der Waals surface area contributed by atoms with Gasteiger partial charge < -0.3 is 9.47 Å². The Bertz CT molecular complexity index is 859. The van der Waals surface area contributed by atoms with Gasteiger partial charge in [0.2, 0.25) is 0 Å². The van der Waals surface area contributed by atoms with Gasteiger partial charge in [0, 0.05) is 25.7 Å². The van der Waals surface area contributed by atoms with Crippen molar-refractivity contribution in [3.05, 3.63) is 47.5 Å². The number of carbonyl (C=O) groups excluding carboxylic acids is 1. The molecule has 7 heteroatoms. The lowest BCUT2D eigenvalue weighted by atomic mass is 9.96. The number of nitrogens with zero attached hydrogens (tertiary/aromatic N) is 2. The minimum atomic E-state index is -4.62. The van der Waals surface area contributed by atoms with Crippen LogP contribution in [0.15, 0.2) is 30.3 Å². The number of aromatic nitrogens is 1. The van der Waals surface area contributed by atoms with E-state index in [1.54, 1.807) is 20.9 Å². The normalized spacial score (nSPS) is 12.5. The highest BCUT2D eigenvalue weighted by Gasteiger charge is 2.39. The van der Waals surface area contributed by atoms with Gasteiger partial charge in [-0.3, -0.25) is 4.79 Å². The molecular weight excluding hydrogens is 384 g/mol. The molecule has 1 amide bonds. The maximum absolute atomic E-state index is 13.8. The minimum absolute atomic E-state index is 0.0237. The second-order valence-corrected chi connectivity index (χ2v) is 9.02. The predicted molar refractivity (Wildman–Crippen MR) is 106 cm³/mol. The van der Waals surface area contributed by atoms with E-state index in [2.05, 4.69) is 0 Å². The van der Waals surface area contributed by atoms with Crippen molar-refractivity contribution < 1.29 is 22.4 Å². The van der Waals surface area contributed by atoms with E-state index in [4.69, 9.17) is 0 Å². The molecular formula is C22H28F4N2O. The summed E-state index contributed by atoms with van der Waals surface area (Å²) in [6.45, 7) is 9.86. The van der Waals surface area contributed by atoms with Crippen LogP contribution < -0.4 is 0 Å². The highest BCUT2D eigenvalue weighted by molar-refractivity contribution is 6.00. The maximum Gasteiger partial charge on any atom is 0.431 e. The Kier molecular flexibility index (Phi) is 6.50. The molecule has 0 aliphatic rings. The van der Waals surface area contributed by atoms with Gasteiger partial charge in [0.25, 0.3) is 5.91 Å². The molecule has 2 aromatic rings. The van der Waals surface area contributed by atoms with Crippen molar-refractivity contribution in [2.24, 2.45) is 11.3 Å². The van der Waals surface area contributed by atoms with Crippen molar-refractivity contribution in [1.82, 2.24) is 9.47 Å². The molecule has 0 saturated heterocycles. The molecule has 0 aliphatic heterocycles. The van der Waals surface area contributed by atoms with E-state index in [1.807, 2.05) is 20.8 Å². The van der Waals surface area contributed by atoms with Crippen LogP contribution in [0.5, 0.6) is 0 Å². The van der Waals surface area contributed by atoms with Crippen molar-refractivity contribution in [3.8, 4) is 11.1 Å². The van der Waals surface area contributed by atoms with Crippen molar-refractivity contribution in [3.63, 3.8) is 0 Å². The Labute approximate surface area is 169 Å². The number of amides is 1. The second kappa shape index (κ2) is 8.20. The summed E-state index contributed by atoms with van der Waals surface area (Å²) < 4.78 is 55.8. The first kappa shape index (κ1) is 23.0. The van der Waals surface area contributed by atoms with Crippen LogP contribution in [0.2, 0.25) is 0 Å². The van der Waals surface area contributed by atoms with Crippen molar-refractivity contribution in [2.75, 3.05) is 13.6 Å². The van der Waals surface area contributed by atoms with Crippen LogP contribution in [0, 0.1) is 17.2 Å². The SMILES string of the molecule is CC(C)Cn1c(C(F)(F)F)cc(-c2ccc(F)cc2)c1C(=O)N(C)CC(C)(C)C. The molecule has 0 bridgehead atoms. The third-order valence-electron chi connectivity index (χ3n) is 4.35. The Morgan fingerprint density at radius 2 is 1.66 bits per heavy atom. The number of hydrogen-bond donors (Lipinski definition) is 0. The lowest BCUT2D eigenvalue weighted by Gasteiger charge is -2.28. The van der Waals surface area contributed by atoms with Gasteiger partial charge in [0.05, 0.1) is 0 Å². The van der Waals surface area contributed by atoms with Gasteiger partial charge >= 0.3 is 6.18 Å². The summed E-state index contributed by atoms with van der Waals surface area (Å²) >= 11 is 0. The minimum Gasteiger partial charge on any atom is -0.340 e. The van der Waals surface area contributed by atoms with Crippen LogP contribution in [-0.4, -0.2) is 29.0 Å². The highest BCUT2D eigenvalue weighted by Crippen LogP contribution is 2.38. The monoisotopic (exact) mass is 412 g/mol. The van der Waals surface area contributed by atoms with Gasteiger partial charge in [0.1, 0.15) is 17.2 Å². The van der Waals surface area contributed by atoms with Crippen LogP contribution in [-0.2, 0) is 12.7 Å². The third kappa shape index (κ3) is 5.61. The number of carbonyl (C=O) groups is 1. The molecule has 0 radical (unpaired) electrons. The van der Waals surface area contributed by atoms with Crippen molar-refractivity contribution in [1.29, 1.82) is 0 Å². The molecule has 0 aliphatic carbocycles. The van der Waals surface area contributed by atoms with E-state index in [0.29, 0.717) is 12.1 Å². The number of alkyl halides is 3. The van der Waals surface area contributed by atoms with E-state index >= 15 is 0 Å². The molecule has 0 spiro atoms. The summed E-state index contributed by atoms with van der Waals surface area (Å²) in [6, 6.07) is 6.13. The number of halogens is 4. The maximum atomic E-state index is 13.8. The first-order chi connectivity index (χ1) is 13.2. The topological polar surface area (TPSA) is 25.2 Å². The zero-order chi connectivity index (χ0) is 22.1. The Morgan fingerprint density at radius 1 is 1.10 bits per heavy atom. The fraction of sp³-hybridized carbons (Fsp3) is 0.500. The molecule has 0 N–H and O–H groups in total. The smallest absolute Gasteiger partial charge is 0.340 e. The van der Waals surface area contributed by atoms with Gasteiger partial charge in [-0.1, -0.05) is 46.8 Å². The fourth-order valence-corrected chi connectivity index (χ4v) is 3.38. The summed E-state index contributed by atoms with van der Waals surface area (Å²) in [4.78, 5) is 14.7. The molecule has 0 fully saturated rings. The van der Waals surface area contributed by atoms with Crippen LogP contribution >= 0.6 is 0 Å². The molecule has 29 heavy (non-hydrogen) atoms. The van der Waals surface area contributed by atoms with Crippen LogP contribution in [0.3, 0.4) is 0 Å². The van der Waals surface area contributed by atoms with Crippen LogP contribution in [0.1, 0.15) is 50.8 Å². The quantitative estimate of drug-likeness (QED) is 0.546.